The Morgan fingerprint density at radius 3 is 2.75 bits per heavy atom. The van der Waals surface area contributed by atoms with Gasteiger partial charge in [-0.05, 0) is 36.6 Å². The Morgan fingerprint density at radius 1 is 1.50 bits per heavy atom. The number of thiophene rings is 1. The predicted molar refractivity (Wildman–Crippen MR) is 67.9 cm³/mol. The Balaban J connectivity index is 2.87. The third-order valence-corrected chi connectivity index (χ3v) is 4.29. The van der Waals surface area contributed by atoms with E-state index in [2.05, 4.69) is 0 Å². The van der Waals surface area contributed by atoms with Gasteiger partial charge < -0.3 is 5.11 Å². The molecule has 0 radical (unpaired) electrons. The summed E-state index contributed by atoms with van der Waals surface area (Å²) in [6, 6.07) is 3.73. The molecule has 0 saturated heterocycles. The maximum atomic E-state index is 11.1. The first-order chi connectivity index (χ1) is 7.56. The van der Waals surface area contributed by atoms with Gasteiger partial charge in [-0.3, -0.25) is 0 Å². The summed E-state index contributed by atoms with van der Waals surface area (Å²) in [4.78, 5) is 11.5. The van der Waals surface area contributed by atoms with Crippen LogP contribution in [0, 0.1) is 6.92 Å². The van der Waals surface area contributed by atoms with E-state index in [0.717, 1.165) is 27.6 Å². The summed E-state index contributed by atoms with van der Waals surface area (Å²) in [6.07, 6.45) is 0.812. The second-order valence-corrected chi connectivity index (χ2v) is 5.07. The van der Waals surface area contributed by atoms with E-state index in [-0.39, 0.29) is 0 Å². The molecule has 0 aliphatic carbocycles. The molecule has 4 heteroatoms. The Hall–Kier alpha value is -1.06. The van der Waals surface area contributed by atoms with Crippen LogP contribution < -0.4 is 0 Å². The number of carboxylic acids is 1. The van der Waals surface area contributed by atoms with Crippen molar-refractivity contribution in [2.45, 2.75) is 20.3 Å². The number of aryl methyl sites for hydroxylation is 2. The average Bonchev–Trinajstić information content (AvgIpc) is 2.57. The van der Waals surface area contributed by atoms with Crippen molar-refractivity contribution >= 4 is 39.0 Å². The monoisotopic (exact) mass is 254 g/mol. The highest BCUT2D eigenvalue weighted by Crippen LogP contribution is 2.36. The standard InChI is InChI=1S/C12H11ClO2S/c1-3-7-8(13)4-5-9-10(7)6(2)11(16-9)12(14)15/h4-5H,3H2,1-2H3,(H,14,15). The smallest absolute Gasteiger partial charge is 0.346 e. The average molecular weight is 255 g/mol. The van der Waals surface area contributed by atoms with Crippen LogP contribution in [0.15, 0.2) is 12.1 Å². The summed E-state index contributed by atoms with van der Waals surface area (Å²) in [5.41, 5.74) is 1.87. The molecule has 1 aromatic carbocycles. The molecule has 0 fully saturated rings. The van der Waals surface area contributed by atoms with Gasteiger partial charge in [-0.1, -0.05) is 18.5 Å². The van der Waals surface area contributed by atoms with Crippen LogP contribution in [-0.4, -0.2) is 11.1 Å². The van der Waals surface area contributed by atoms with E-state index in [1.807, 2.05) is 26.0 Å². The van der Waals surface area contributed by atoms with Gasteiger partial charge in [0.25, 0.3) is 0 Å². The van der Waals surface area contributed by atoms with Crippen molar-refractivity contribution in [3.05, 3.63) is 33.2 Å². The molecule has 0 atom stereocenters. The van der Waals surface area contributed by atoms with Crippen LogP contribution in [0.2, 0.25) is 5.02 Å². The zero-order valence-corrected chi connectivity index (χ0v) is 10.6. The fraction of sp³-hybridized carbons (Fsp3) is 0.250. The van der Waals surface area contributed by atoms with E-state index in [9.17, 15) is 4.79 Å². The van der Waals surface area contributed by atoms with Crippen molar-refractivity contribution < 1.29 is 9.90 Å². The Morgan fingerprint density at radius 2 is 2.19 bits per heavy atom. The van der Waals surface area contributed by atoms with Gasteiger partial charge in [-0.15, -0.1) is 11.3 Å². The normalized spacial score (nSPS) is 10.9. The van der Waals surface area contributed by atoms with Crippen LogP contribution in [0.4, 0.5) is 0 Å². The molecular formula is C12H11ClO2S. The van der Waals surface area contributed by atoms with Crippen molar-refractivity contribution in [3.8, 4) is 0 Å². The summed E-state index contributed by atoms with van der Waals surface area (Å²) < 4.78 is 0.996. The van der Waals surface area contributed by atoms with Crippen molar-refractivity contribution in [3.63, 3.8) is 0 Å². The molecule has 2 nitrogen and oxygen atoms in total. The number of fused-ring (bicyclic) bond motifs is 1. The highest BCUT2D eigenvalue weighted by atomic mass is 35.5. The molecule has 1 aromatic heterocycles. The lowest BCUT2D eigenvalue weighted by atomic mass is 10.0. The van der Waals surface area contributed by atoms with E-state index in [1.165, 1.54) is 11.3 Å². The van der Waals surface area contributed by atoms with Crippen molar-refractivity contribution in [1.82, 2.24) is 0 Å². The van der Waals surface area contributed by atoms with Crippen molar-refractivity contribution in [2.75, 3.05) is 0 Å². The van der Waals surface area contributed by atoms with Crippen molar-refractivity contribution in [1.29, 1.82) is 0 Å². The molecule has 0 spiro atoms. The van der Waals surface area contributed by atoms with Crippen LogP contribution in [0.5, 0.6) is 0 Å². The third-order valence-electron chi connectivity index (χ3n) is 2.69. The molecule has 84 valence electrons. The molecule has 0 saturated carbocycles. The molecular weight excluding hydrogens is 244 g/mol. The van der Waals surface area contributed by atoms with Crippen LogP contribution >= 0.6 is 22.9 Å². The maximum Gasteiger partial charge on any atom is 0.346 e. The molecule has 16 heavy (non-hydrogen) atoms. The first kappa shape index (κ1) is 11.4. The maximum absolute atomic E-state index is 11.1. The Bertz CT molecular complexity index is 572. The van der Waals surface area contributed by atoms with Crippen LogP contribution in [0.25, 0.3) is 10.1 Å². The summed E-state index contributed by atoms with van der Waals surface area (Å²) >= 11 is 7.43. The van der Waals surface area contributed by atoms with Gasteiger partial charge in [-0.2, -0.15) is 0 Å². The minimum Gasteiger partial charge on any atom is -0.477 e. The number of carboxylic acid groups (broad SMARTS) is 1. The van der Waals surface area contributed by atoms with Gasteiger partial charge >= 0.3 is 5.97 Å². The molecule has 0 bridgehead atoms. The number of benzene rings is 1. The zero-order chi connectivity index (χ0) is 11.9. The largest absolute Gasteiger partial charge is 0.477 e. The molecule has 0 aliphatic heterocycles. The lowest BCUT2D eigenvalue weighted by Gasteiger charge is -2.04. The lowest BCUT2D eigenvalue weighted by molar-refractivity contribution is 0.0701. The van der Waals surface area contributed by atoms with Gasteiger partial charge in [0, 0.05) is 15.1 Å². The fourth-order valence-electron chi connectivity index (χ4n) is 1.95. The Kier molecular flexibility index (Phi) is 2.91. The van der Waals surface area contributed by atoms with Crippen molar-refractivity contribution in [2.24, 2.45) is 0 Å². The van der Waals surface area contributed by atoms with Gasteiger partial charge in [0.2, 0.25) is 0 Å². The van der Waals surface area contributed by atoms with E-state index in [1.54, 1.807) is 0 Å². The minimum absolute atomic E-state index is 0.409. The second-order valence-electron chi connectivity index (χ2n) is 3.61. The number of hydrogen-bond acceptors (Lipinski definition) is 2. The number of hydrogen-bond donors (Lipinski definition) is 1. The SMILES string of the molecule is CCc1c(Cl)ccc2sc(C(=O)O)c(C)c12. The van der Waals surface area contributed by atoms with E-state index < -0.39 is 5.97 Å². The highest BCUT2D eigenvalue weighted by molar-refractivity contribution is 7.21. The van der Waals surface area contributed by atoms with E-state index in [0.29, 0.717) is 9.90 Å². The molecule has 1 heterocycles. The molecule has 0 aliphatic rings. The number of halogens is 1. The molecule has 1 N–H and O–H groups in total. The molecule has 0 unspecified atom stereocenters. The first-order valence-corrected chi connectivity index (χ1v) is 6.19. The summed E-state index contributed by atoms with van der Waals surface area (Å²) in [5, 5.41) is 10.8. The summed E-state index contributed by atoms with van der Waals surface area (Å²) in [5.74, 6) is -0.864. The number of aromatic carboxylic acids is 1. The third kappa shape index (κ3) is 1.60. The predicted octanol–water partition coefficient (Wildman–Crippen LogP) is 4.12. The van der Waals surface area contributed by atoms with E-state index in [4.69, 9.17) is 16.7 Å². The van der Waals surface area contributed by atoms with E-state index >= 15 is 0 Å². The summed E-state index contributed by atoms with van der Waals surface area (Å²) in [6.45, 7) is 3.87. The Labute approximate surface area is 102 Å². The molecule has 2 rings (SSSR count). The van der Waals surface area contributed by atoms with Gasteiger partial charge in [0.05, 0.1) is 0 Å². The fourth-order valence-corrected chi connectivity index (χ4v) is 3.31. The minimum atomic E-state index is -0.864. The topological polar surface area (TPSA) is 37.3 Å². The van der Waals surface area contributed by atoms with Gasteiger partial charge in [0.1, 0.15) is 4.88 Å². The molecule has 0 amide bonds. The first-order valence-electron chi connectivity index (χ1n) is 5.00. The zero-order valence-electron chi connectivity index (χ0n) is 9.00. The quantitative estimate of drug-likeness (QED) is 0.875. The van der Waals surface area contributed by atoms with Crippen LogP contribution in [0.1, 0.15) is 27.7 Å². The second kappa shape index (κ2) is 4.07. The van der Waals surface area contributed by atoms with Crippen LogP contribution in [0.3, 0.4) is 0 Å². The number of rotatable bonds is 2. The number of carbonyl (C=O) groups is 1. The van der Waals surface area contributed by atoms with Gasteiger partial charge in [0.15, 0.2) is 0 Å². The van der Waals surface area contributed by atoms with Gasteiger partial charge in [-0.25, -0.2) is 4.79 Å². The lowest BCUT2D eigenvalue weighted by Crippen LogP contribution is -1.94. The molecule has 2 aromatic rings. The highest BCUT2D eigenvalue weighted by Gasteiger charge is 2.17. The van der Waals surface area contributed by atoms with Crippen LogP contribution in [-0.2, 0) is 6.42 Å². The summed E-state index contributed by atoms with van der Waals surface area (Å²) in [7, 11) is 0.